The molecule has 0 spiro atoms. The summed E-state index contributed by atoms with van der Waals surface area (Å²) in [5, 5.41) is 10.4. The Bertz CT molecular complexity index is 3250. The van der Waals surface area contributed by atoms with Crippen LogP contribution in [0.5, 0.6) is 0 Å². The third-order valence-corrected chi connectivity index (χ3v) is 13.3. The molecular formula is C56H44S. The Kier molecular flexibility index (Phi) is 8.65. The summed E-state index contributed by atoms with van der Waals surface area (Å²) in [6, 6.07) is 56.7. The number of hydrogen-bond acceptors (Lipinski definition) is 1. The highest BCUT2D eigenvalue weighted by Crippen LogP contribution is 2.53. The van der Waals surface area contributed by atoms with Crippen LogP contribution in [0.1, 0.15) is 50.8 Å². The molecular weight excluding hydrogens is 705 g/mol. The van der Waals surface area contributed by atoms with Gasteiger partial charge in [0.05, 0.1) is 0 Å². The van der Waals surface area contributed by atoms with Gasteiger partial charge in [0.15, 0.2) is 0 Å². The van der Waals surface area contributed by atoms with Crippen molar-refractivity contribution in [1.82, 2.24) is 0 Å². The maximum atomic E-state index is 2.46. The van der Waals surface area contributed by atoms with Crippen LogP contribution in [0.15, 0.2) is 176 Å². The maximum absolute atomic E-state index is 2.46. The average molecular weight is 749 g/mol. The number of fused-ring (bicyclic) bond motifs is 10. The molecule has 1 heterocycles. The summed E-state index contributed by atoms with van der Waals surface area (Å²) in [6.45, 7) is 9.14. The molecule has 0 radical (unpaired) electrons. The lowest BCUT2D eigenvalue weighted by Gasteiger charge is -2.24. The molecule has 1 aromatic heterocycles. The van der Waals surface area contributed by atoms with Crippen LogP contribution in [-0.2, 0) is 5.41 Å². The number of benzene rings is 8. The van der Waals surface area contributed by atoms with Crippen molar-refractivity contribution in [3.8, 4) is 33.4 Å². The minimum atomic E-state index is -0.150. The molecule has 0 bridgehead atoms. The van der Waals surface area contributed by atoms with Crippen LogP contribution in [0.25, 0.3) is 86.7 Å². The molecule has 10 rings (SSSR count). The maximum Gasteiger partial charge on any atom is 0.0433 e. The normalized spacial score (nSPS) is 14.4. The van der Waals surface area contributed by atoms with Gasteiger partial charge in [-0.25, -0.2) is 0 Å². The van der Waals surface area contributed by atoms with E-state index in [-0.39, 0.29) is 5.41 Å². The van der Waals surface area contributed by atoms with Crippen LogP contribution in [0, 0.1) is 0 Å². The fourth-order valence-corrected chi connectivity index (χ4v) is 10.7. The SMILES string of the molecule is C/C=C/C(c1cccc(-c2ccc3c(c2)C(C)(C)c2c-3ccc3c2ccc2c4ccccc4sc32)c1)=c1/cccc(-c2cccc3ccccc23)/c1=C/C=C/CC. The van der Waals surface area contributed by atoms with Crippen LogP contribution in [0.4, 0.5) is 0 Å². The first-order valence-electron chi connectivity index (χ1n) is 20.2. The van der Waals surface area contributed by atoms with Gasteiger partial charge in [-0.15, -0.1) is 11.3 Å². The second-order valence-corrected chi connectivity index (χ2v) is 16.9. The second kappa shape index (κ2) is 14.0. The number of rotatable bonds is 6. The highest BCUT2D eigenvalue weighted by atomic mass is 32.1. The van der Waals surface area contributed by atoms with E-state index in [1.54, 1.807) is 0 Å². The third kappa shape index (κ3) is 5.72. The molecule has 0 atom stereocenters. The zero-order valence-corrected chi connectivity index (χ0v) is 33.8. The van der Waals surface area contributed by atoms with E-state index in [2.05, 4.69) is 210 Å². The van der Waals surface area contributed by atoms with Gasteiger partial charge in [-0.2, -0.15) is 0 Å². The van der Waals surface area contributed by atoms with E-state index in [9.17, 15) is 0 Å². The van der Waals surface area contributed by atoms with Gasteiger partial charge in [0.25, 0.3) is 0 Å². The van der Waals surface area contributed by atoms with E-state index < -0.39 is 0 Å². The van der Waals surface area contributed by atoms with Gasteiger partial charge in [0, 0.05) is 25.6 Å². The molecule has 0 amide bonds. The molecule has 0 fully saturated rings. The van der Waals surface area contributed by atoms with Crippen molar-refractivity contribution in [2.24, 2.45) is 0 Å². The Morgan fingerprint density at radius 2 is 1.30 bits per heavy atom. The minimum absolute atomic E-state index is 0.150. The van der Waals surface area contributed by atoms with Gasteiger partial charge >= 0.3 is 0 Å². The smallest absolute Gasteiger partial charge is 0.0433 e. The van der Waals surface area contributed by atoms with Crippen LogP contribution < -0.4 is 10.4 Å². The lowest BCUT2D eigenvalue weighted by atomic mass is 9.79. The number of allylic oxidation sites excluding steroid dienone is 4. The molecule has 57 heavy (non-hydrogen) atoms. The van der Waals surface area contributed by atoms with Gasteiger partial charge in [-0.05, 0) is 119 Å². The summed E-state index contributed by atoms with van der Waals surface area (Å²) in [5.41, 5.74) is 12.8. The average Bonchev–Trinajstić information content (AvgIpc) is 3.74. The predicted octanol–water partition coefficient (Wildman–Crippen LogP) is 14.5. The molecule has 8 aromatic carbocycles. The van der Waals surface area contributed by atoms with Crippen molar-refractivity contribution in [3.05, 3.63) is 203 Å². The van der Waals surface area contributed by atoms with Gasteiger partial charge in [0.2, 0.25) is 0 Å². The molecule has 1 heteroatoms. The van der Waals surface area contributed by atoms with Gasteiger partial charge in [-0.3, -0.25) is 0 Å². The van der Waals surface area contributed by atoms with Gasteiger partial charge in [0.1, 0.15) is 0 Å². The Balaban J connectivity index is 1.12. The van der Waals surface area contributed by atoms with Crippen LogP contribution in [0.2, 0.25) is 0 Å². The first-order chi connectivity index (χ1) is 28.0. The van der Waals surface area contributed by atoms with Gasteiger partial charge in [-0.1, -0.05) is 185 Å². The fraction of sp³-hybridized carbons (Fsp3) is 0.107. The van der Waals surface area contributed by atoms with Crippen molar-refractivity contribution >= 4 is 64.7 Å². The van der Waals surface area contributed by atoms with Crippen molar-refractivity contribution in [2.75, 3.05) is 0 Å². The topological polar surface area (TPSA) is 0 Å². The molecule has 0 aliphatic heterocycles. The lowest BCUT2D eigenvalue weighted by Crippen LogP contribution is -2.29. The molecule has 0 saturated carbocycles. The van der Waals surface area contributed by atoms with Crippen molar-refractivity contribution in [3.63, 3.8) is 0 Å². The summed E-state index contributed by atoms with van der Waals surface area (Å²) in [6.07, 6.45) is 12.2. The Labute approximate surface area is 339 Å². The van der Waals surface area contributed by atoms with Crippen molar-refractivity contribution in [2.45, 2.75) is 39.5 Å². The third-order valence-electron chi connectivity index (χ3n) is 12.1. The van der Waals surface area contributed by atoms with Crippen molar-refractivity contribution < 1.29 is 0 Å². The van der Waals surface area contributed by atoms with Crippen LogP contribution >= 0.6 is 11.3 Å². The summed E-state index contributed by atoms with van der Waals surface area (Å²) in [4.78, 5) is 0. The Hall–Kier alpha value is -6.28. The van der Waals surface area contributed by atoms with E-state index in [0.717, 1.165) is 6.42 Å². The second-order valence-electron chi connectivity index (χ2n) is 15.8. The molecule has 0 N–H and O–H groups in total. The van der Waals surface area contributed by atoms with E-state index in [1.165, 1.54) is 108 Å². The van der Waals surface area contributed by atoms with E-state index in [4.69, 9.17) is 0 Å². The first-order valence-corrected chi connectivity index (χ1v) is 21.0. The Morgan fingerprint density at radius 3 is 2.18 bits per heavy atom. The summed E-state index contributed by atoms with van der Waals surface area (Å²) in [5.74, 6) is 0. The van der Waals surface area contributed by atoms with Gasteiger partial charge < -0.3 is 0 Å². The zero-order chi connectivity index (χ0) is 38.7. The highest BCUT2D eigenvalue weighted by molar-refractivity contribution is 7.26. The highest BCUT2D eigenvalue weighted by Gasteiger charge is 2.37. The minimum Gasteiger partial charge on any atom is -0.135 e. The lowest BCUT2D eigenvalue weighted by molar-refractivity contribution is 0.666. The van der Waals surface area contributed by atoms with Crippen molar-refractivity contribution in [1.29, 1.82) is 0 Å². The molecule has 274 valence electrons. The molecule has 9 aromatic rings. The Morgan fingerprint density at radius 1 is 0.596 bits per heavy atom. The molecule has 0 saturated heterocycles. The summed E-state index contributed by atoms with van der Waals surface area (Å²) in [7, 11) is 0. The first kappa shape index (κ1) is 35.2. The largest absolute Gasteiger partial charge is 0.135 e. The molecule has 1 aliphatic carbocycles. The van der Waals surface area contributed by atoms with E-state index in [1.807, 2.05) is 11.3 Å². The summed E-state index contributed by atoms with van der Waals surface area (Å²) >= 11 is 1.92. The predicted molar refractivity (Wildman–Crippen MR) is 250 cm³/mol. The standard InChI is InChI=1S/C56H44S/c1-5-7-8-22-44-42(25-15-26-45(44)43-24-14-18-36-17-9-10-21-41(36)43)40(16-6-2)39-20-13-19-37(34-39)38-28-29-46-48-30-33-51-49(54(48)56(3,4)52(46)35-38)31-32-50-47-23-11-12-27-53(47)57-55(50)51/h6-35H,5H2,1-4H3/b8-7+,16-6+,42-40+,44-22+. The summed E-state index contributed by atoms with van der Waals surface area (Å²) < 4.78 is 2.74. The molecule has 0 unspecified atom stereocenters. The zero-order valence-electron chi connectivity index (χ0n) is 32.9. The number of thiophene rings is 1. The number of hydrogen-bond donors (Lipinski definition) is 0. The monoisotopic (exact) mass is 748 g/mol. The molecule has 0 nitrogen and oxygen atoms in total. The van der Waals surface area contributed by atoms with E-state index in [0.29, 0.717) is 0 Å². The quantitative estimate of drug-likeness (QED) is 0.159. The van der Waals surface area contributed by atoms with Crippen LogP contribution in [-0.4, -0.2) is 0 Å². The fourth-order valence-electron chi connectivity index (χ4n) is 9.45. The van der Waals surface area contributed by atoms with Crippen LogP contribution in [0.3, 0.4) is 0 Å². The molecule has 1 aliphatic rings. The van der Waals surface area contributed by atoms with E-state index >= 15 is 0 Å².